The summed E-state index contributed by atoms with van der Waals surface area (Å²) >= 11 is 4.58. The molecule has 2 aromatic heterocycles. The molecule has 0 N–H and O–H groups in total. The van der Waals surface area contributed by atoms with E-state index in [9.17, 15) is 9.59 Å². The van der Waals surface area contributed by atoms with Crippen LogP contribution in [0, 0.1) is 0 Å². The number of aliphatic imine (C=N–C) groups is 1. The molecule has 0 spiro atoms. The largest absolute Gasteiger partial charge is 0.464 e. The number of esters is 2. The third-order valence-electron chi connectivity index (χ3n) is 7.49. The Hall–Kier alpha value is -3.28. The Morgan fingerprint density at radius 1 is 0.780 bits per heavy atom. The van der Waals surface area contributed by atoms with Crippen molar-refractivity contribution in [3.8, 4) is 0 Å². The highest BCUT2D eigenvalue weighted by atomic mass is 32.1. The van der Waals surface area contributed by atoms with Gasteiger partial charge in [-0.1, -0.05) is 12.1 Å². The van der Waals surface area contributed by atoms with Crippen molar-refractivity contribution in [1.29, 1.82) is 0 Å². The number of carbonyl (C=O) groups is 2. The van der Waals surface area contributed by atoms with E-state index in [0.717, 1.165) is 5.69 Å². The maximum atomic E-state index is 12.3. The normalized spacial score (nSPS) is 17.1. The van der Waals surface area contributed by atoms with Gasteiger partial charge in [0.2, 0.25) is 0 Å². The smallest absolute Gasteiger partial charge is 0.356 e. The van der Waals surface area contributed by atoms with Gasteiger partial charge in [0.25, 0.3) is 0 Å². The highest BCUT2D eigenvalue weighted by molar-refractivity contribution is 7.78. The number of ether oxygens (including phenoxy) is 8. The molecule has 0 aromatic carbocycles. The highest BCUT2D eigenvalue weighted by Gasteiger charge is 2.24. The highest BCUT2D eigenvalue weighted by Crippen LogP contribution is 2.20. The van der Waals surface area contributed by atoms with Crippen LogP contribution in [0.1, 0.15) is 38.4 Å². The van der Waals surface area contributed by atoms with Crippen LogP contribution in [0.5, 0.6) is 0 Å². The molecule has 0 aliphatic carbocycles. The van der Waals surface area contributed by atoms with Crippen LogP contribution >= 0.6 is 12.2 Å². The third kappa shape index (κ3) is 16.2. The molecule has 3 rings (SSSR count). The predicted octanol–water partition coefficient (Wildman–Crippen LogP) is 2.11. The molecule has 3 heterocycles. The fourth-order valence-corrected chi connectivity index (χ4v) is 5.00. The molecule has 0 radical (unpaired) electrons. The number of isothiocyanates is 1. The van der Waals surface area contributed by atoms with Gasteiger partial charge in [-0.05, 0) is 36.5 Å². The van der Waals surface area contributed by atoms with Gasteiger partial charge in [-0.15, -0.1) is 0 Å². The van der Waals surface area contributed by atoms with Crippen LogP contribution in [0.4, 0.5) is 0 Å². The summed E-state index contributed by atoms with van der Waals surface area (Å²) in [5.41, 5.74) is 1.90. The lowest BCUT2D eigenvalue weighted by Crippen LogP contribution is -2.38. The summed E-state index contributed by atoms with van der Waals surface area (Å²) in [7, 11) is 2.66. The first-order valence-corrected chi connectivity index (χ1v) is 17.0. The molecule has 1 aliphatic heterocycles. The zero-order chi connectivity index (χ0) is 35.7. The van der Waals surface area contributed by atoms with Crippen LogP contribution in [0.25, 0.3) is 0 Å². The van der Waals surface area contributed by atoms with Gasteiger partial charge < -0.3 is 37.9 Å². The number of methoxy groups -OCH3 is 2. The van der Waals surface area contributed by atoms with Crippen molar-refractivity contribution in [3.63, 3.8) is 0 Å². The van der Waals surface area contributed by atoms with E-state index < -0.39 is 11.9 Å². The quantitative estimate of drug-likeness (QED) is 0.121. The average Bonchev–Trinajstić information content (AvgIpc) is 3.14. The van der Waals surface area contributed by atoms with Crippen molar-refractivity contribution in [1.82, 2.24) is 19.8 Å². The summed E-state index contributed by atoms with van der Waals surface area (Å²) in [5.74, 6) is -0.987. The molecule has 0 saturated carbocycles. The lowest BCUT2D eigenvalue weighted by molar-refractivity contribution is -0.0162. The Morgan fingerprint density at radius 3 is 1.94 bits per heavy atom. The van der Waals surface area contributed by atoms with E-state index in [0.29, 0.717) is 124 Å². The minimum absolute atomic E-state index is 0.213. The fourth-order valence-electron chi connectivity index (χ4n) is 4.91. The van der Waals surface area contributed by atoms with Gasteiger partial charge in [0.1, 0.15) is 11.4 Å². The average molecular weight is 720 g/mol. The van der Waals surface area contributed by atoms with Crippen molar-refractivity contribution in [2.24, 2.45) is 4.99 Å². The molecular weight excluding hydrogens is 670 g/mol. The number of nitrogens with zero attached hydrogens (tertiary/aromatic N) is 5. The van der Waals surface area contributed by atoms with E-state index in [1.165, 1.54) is 14.2 Å². The van der Waals surface area contributed by atoms with Crippen LogP contribution in [0.2, 0.25) is 0 Å². The molecule has 2 aromatic rings. The van der Waals surface area contributed by atoms with Gasteiger partial charge in [0.05, 0.1) is 123 Å². The van der Waals surface area contributed by atoms with E-state index in [1.807, 2.05) is 12.1 Å². The number of carbonyl (C=O) groups excluding carboxylic acids is 2. The number of hydrogen-bond donors (Lipinski definition) is 0. The van der Waals surface area contributed by atoms with Gasteiger partial charge >= 0.3 is 11.9 Å². The van der Waals surface area contributed by atoms with Crippen LogP contribution in [-0.4, -0.2) is 163 Å². The maximum absolute atomic E-state index is 12.3. The van der Waals surface area contributed by atoms with E-state index in [4.69, 9.17) is 37.9 Å². The maximum Gasteiger partial charge on any atom is 0.356 e. The van der Waals surface area contributed by atoms with Crippen LogP contribution in [0.15, 0.2) is 41.4 Å². The number of hydrogen-bond acceptors (Lipinski definition) is 16. The molecule has 0 amide bonds. The van der Waals surface area contributed by atoms with Gasteiger partial charge in [0, 0.05) is 32.7 Å². The summed E-state index contributed by atoms with van der Waals surface area (Å²) in [4.78, 5) is 41.4. The molecule has 15 nitrogen and oxygen atoms in total. The predicted molar refractivity (Wildman–Crippen MR) is 186 cm³/mol. The SMILES string of the molecule is COC(=O)c1cccc(CN2CCOCCOCCN(C(COCCOCCN=C=S)c3cccc(C(=O)OC)n3)CCOCCOCC2)n1. The molecule has 1 aliphatic rings. The Kier molecular flexibility index (Phi) is 21.1. The van der Waals surface area contributed by atoms with Gasteiger partial charge in [-0.2, -0.15) is 0 Å². The second-order valence-corrected chi connectivity index (χ2v) is 11.1. The second kappa shape index (κ2) is 25.6. The fraction of sp³-hybridized carbons (Fsp3) is 0.618. The topological polar surface area (TPSA) is 153 Å². The minimum Gasteiger partial charge on any atom is -0.464 e. The molecule has 16 heteroatoms. The summed E-state index contributed by atoms with van der Waals surface area (Å²) in [6, 6.07) is 10.3. The zero-order valence-electron chi connectivity index (χ0n) is 29.0. The van der Waals surface area contributed by atoms with Crippen molar-refractivity contribution in [3.05, 3.63) is 59.2 Å². The first-order chi connectivity index (χ1) is 24.5. The molecule has 1 fully saturated rings. The van der Waals surface area contributed by atoms with Crippen LogP contribution in [-0.2, 0) is 44.4 Å². The lowest BCUT2D eigenvalue weighted by Gasteiger charge is -2.31. The van der Waals surface area contributed by atoms with Gasteiger partial charge in [-0.25, -0.2) is 24.5 Å². The second-order valence-electron chi connectivity index (χ2n) is 10.9. The summed E-state index contributed by atoms with van der Waals surface area (Å²) in [5, 5.41) is 2.32. The van der Waals surface area contributed by atoms with E-state index >= 15 is 0 Å². The van der Waals surface area contributed by atoms with Crippen LogP contribution in [0.3, 0.4) is 0 Å². The molecule has 50 heavy (non-hydrogen) atoms. The number of thiocarbonyl (C=S) groups is 1. The van der Waals surface area contributed by atoms with Crippen molar-refractivity contribution < 1.29 is 47.5 Å². The molecule has 1 saturated heterocycles. The van der Waals surface area contributed by atoms with E-state index in [-0.39, 0.29) is 17.4 Å². The van der Waals surface area contributed by atoms with Gasteiger partial charge in [-0.3, -0.25) is 9.80 Å². The first-order valence-electron chi connectivity index (χ1n) is 16.6. The van der Waals surface area contributed by atoms with Crippen LogP contribution < -0.4 is 0 Å². The van der Waals surface area contributed by atoms with E-state index in [2.05, 4.69) is 42.1 Å². The standard InChI is InChI=1S/C34H49N5O10S/c1-42-33(40)30-7-3-5-28(36-30)25-38-10-15-45-19-21-47-17-12-39(13-18-48-22-20-46-16-11-38)32(26-49-24-23-44-14-9-35-27-50)29-6-4-8-31(37-29)34(41)43-2/h3-8,32H,9-26H2,1-2H3. The summed E-state index contributed by atoms with van der Waals surface area (Å²) in [6.07, 6.45) is 0. The monoisotopic (exact) mass is 719 g/mol. The Morgan fingerprint density at radius 2 is 1.34 bits per heavy atom. The lowest BCUT2D eigenvalue weighted by atomic mass is 10.1. The van der Waals surface area contributed by atoms with Crippen molar-refractivity contribution in [2.45, 2.75) is 12.6 Å². The molecule has 276 valence electrons. The third-order valence-corrected chi connectivity index (χ3v) is 7.62. The number of pyridine rings is 2. The molecular formula is C34H49N5O10S. The Balaban J connectivity index is 1.59. The summed E-state index contributed by atoms with van der Waals surface area (Å²) in [6.45, 7) is 8.34. The first kappa shape index (κ1) is 41.1. The number of rotatable bonds is 14. The Bertz CT molecular complexity index is 1300. The Labute approximate surface area is 299 Å². The minimum atomic E-state index is -0.516. The molecule has 0 bridgehead atoms. The summed E-state index contributed by atoms with van der Waals surface area (Å²) < 4.78 is 45.0. The van der Waals surface area contributed by atoms with Crippen molar-refractivity contribution >= 4 is 29.3 Å². The van der Waals surface area contributed by atoms with Crippen molar-refractivity contribution in [2.75, 3.05) is 126 Å². The molecule has 1 unspecified atom stereocenters. The van der Waals surface area contributed by atoms with Gasteiger partial charge in [0.15, 0.2) is 0 Å². The zero-order valence-corrected chi connectivity index (χ0v) is 29.8. The molecule has 1 atom stereocenters. The number of aromatic nitrogens is 2. The van der Waals surface area contributed by atoms with E-state index in [1.54, 1.807) is 24.3 Å².